The predicted octanol–water partition coefficient (Wildman–Crippen LogP) is 1.66. The van der Waals surface area contributed by atoms with Crippen LogP contribution in [0.5, 0.6) is 0 Å². The fourth-order valence-electron chi connectivity index (χ4n) is 2.19. The van der Waals surface area contributed by atoms with E-state index in [1.807, 2.05) is 18.3 Å². The van der Waals surface area contributed by atoms with Crippen molar-refractivity contribution in [3.05, 3.63) is 23.3 Å². The van der Waals surface area contributed by atoms with Crippen molar-refractivity contribution in [1.29, 1.82) is 0 Å². The number of pyridine rings is 1. The first-order chi connectivity index (χ1) is 8.34. The lowest BCUT2D eigenvalue weighted by Crippen LogP contribution is -2.44. The van der Waals surface area contributed by atoms with Crippen LogP contribution in [0, 0.1) is 0 Å². The van der Waals surface area contributed by atoms with Crippen molar-refractivity contribution >= 4 is 21.7 Å². The van der Waals surface area contributed by atoms with Gasteiger partial charge in [0.15, 0.2) is 0 Å². The van der Waals surface area contributed by atoms with E-state index in [9.17, 15) is 0 Å². The van der Waals surface area contributed by atoms with Gasteiger partial charge in [-0.2, -0.15) is 0 Å². The van der Waals surface area contributed by atoms with Crippen LogP contribution in [-0.2, 0) is 0 Å². The molecule has 0 amide bonds. The Bertz CT molecular complexity index is 471. The zero-order valence-electron chi connectivity index (χ0n) is 9.89. The molecule has 2 aromatic heterocycles. The average molecular weight is 248 g/mol. The highest BCUT2D eigenvalue weighted by atomic mass is 32.1. The zero-order valence-corrected chi connectivity index (χ0v) is 10.7. The molecule has 90 valence electrons. The topological polar surface area (TPSA) is 41.1 Å². The SMILES string of the molecule is CC(c1nc2cccnc2s1)N1CCNCC1. The molecule has 4 nitrogen and oxygen atoms in total. The van der Waals surface area contributed by atoms with Crippen molar-refractivity contribution < 1.29 is 0 Å². The van der Waals surface area contributed by atoms with Crippen molar-refractivity contribution in [2.75, 3.05) is 26.2 Å². The zero-order chi connectivity index (χ0) is 11.7. The first-order valence-corrected chi connectivity index (χ1v) is 6.82. The fraction of sp³-hybridized carbons (Fsp3) is 0.500. The van der Waals surface area contributed by atoms with Crippen molar-refractivity contribution in [2.24, 2.45) is 0 Å². The van der Waals surface area contributed by atoms with Gasteiger partial charge in [0.25, 0.3) is 0 Å². The Morgan fingerprint density at radius 2 is 2.24 bits per heavy atom. The Kier molecular flexibility index (Phi) is 3.05. The van der Waals surface area contributed by atoms with Crippen molar-refractivity contribution in [3.63, 3.8) is 0 Å². The van der Waals surface area contributed by atoms with E-state index in [2.05, 4.69) is 27.1 Å². The van der Waals surface area contributed by atoms with Crippen LogP contribution < -0.4 is 5.32 Å². The average Bonchev–Trinajstić information content (AvgIpc) is 2.82. The number of hydrogen-bond acceptors (Lipinski definition) is 5. The van der Waals surface area contributed by atoms with Gasteiger partial charge in [0.1, 0.15) is 15.4 Å². The van der Waals surface area contributed by atoms with Crippen molar-refractivity contribution in [1.82, 2.24) is 20.2 Å². The van der Waals surface area contributed by atoms with Crippen LogP contribution in [0.4, 0.5) is 0 Å². The number of fused-ring (bicyclic) bond motifs is 1. The second-order valence-corrected chi connectivity index (χ2v) is 5.35. The van der Waals surface area contributed by atoms with Crippen molar-refractivity contribution in [3.8, 4) is 0 Å². The second-order valence-electron chi connectivity index (χ2n) is 4.34. The molecule has 0 aliphatic carbocycles. The van der Waals surface area contributed by atoms with E-state index >= 15 is 0 Å². The van der Waals surface area contributed by atoms with Crippen LogP contribution in [0.3, 0.4) is 0 Å². The maximum atomic E-state index is 4.68. The third-order valence-electron chi connectivity index (χ3n) is 3.24. The minimum absolute atomic E-state index is 0.399. The molecule has 0 bridgehead atoms. The summed E-state index contributed by atoms with van der Waals surface area (Å²) in [5.41, 5.74) is 1.02. The highest BCUT2D eigenvalue weighted by molar-refractivity contribution is 7.18. The quantitative estimate of drug-likeness (QED) is 0.877. The van der Waals surface area contributed by atoms with E-state index in [0.717, 1.165) is 36.5 Å². The summed E-state index contributed by atoms with van der Waals surface area (Å²) in [4.78, 5) is 12.6. The number of piperazine rings is 1. The first-order valence-electron chi connectivity index (χ1n) is 6.01. The van der Waals surface area contributed by atoms with E-state index in [-0.39, 0.29) is 0 Å². The summed E-state index contributed by atoms with van der Waals surface area (Å²) in [5.74, 6) is 0. The highest BCUT2D eigenvalue weighted by Gasteiger charge is 2.20. The van der Waals surface area contributed by atoms with Gasteiger partial charge >= 0.3 is 0 Å². The van der Waals surface area contributed by atoms with Gasteiger partial charge in [0.2, 0.25) is 0 Å². The van der Waals surface area contributed by atoms with Gasteiger partial charge in [-0.15, -0.1) is 0 Å². The molecule has 1 fully saturated rings. The van der Waals surface area contributed by atoms with E-state index in [1.165, 1.54) is 5.01 Å². The Hall–Kier alpha value is -1.04. The third kappa shape index (κ3) is 2.18. The largest absolute Gasteiger partial charge is 0.314 e. The normalized spacial score (nSPS) is 19.6. The number of hydrogen-bond donors (Lipinski definition) is 1. The molecular weight excluding hydrogens is 232 g/mol. The molecule has 1 atom stereocenters. The summed E-state index contributed by atoms with van der Waals surface area (Å²) in [6, 6.07) is 4.38. The molecule has 1 N–H and O–H groups in total. The van der Waals surface area contributed by atoms with Crippen LogP contribution in [0.25, 0.3) is 10.3 Å². The molecule has 1 unspecified atom stereocenters. The van der Waals surface area contributed by atoms with Gasteiger partial charge in [0.05, 0.1) is 6.04 Å². The molecule has 0 aromatic carbocycles. The molecule has 0 spiro atoms. The van der Waals surface area contributed by atoms with E-state index in [1.54, 1.807) is 11.3 Å². The Morgan fingerprint density at radius 3 is 3.00 bits per heavy atom. The van der Waals surface area contributed by atoms with Crippen LogP contribution in [-0.4, -0.2) is 41.0 Å². The van der Waals surface area contributed by atoms with Gasteiger partial charge in [-0.1, -0.05) is 11.3 Å². The minimum Gasteiger partial charge on any atom is -0.314 e. The van der Waals surface area contributed by atoms with Gasteiger partial charge in [0, 0.05) is 32.4 Å². The smallest absolute Gasteiger partial charge is 0.143 e. The molecule has 3 heterocycles. The molecule has 3 rings (SSSR count). The molecule has 1 saturated heterocycles. The van der Waals surface area contributed by atoms with Gasteiger partial charge in [-0.25, -0.2) is 9.97 Å². The molecule has 5 heteroatoms. The molecule has 2 aromatic rings. The minimum atomic E-state index is 0.399. The number of rotatable bonds is 2. The summed E-state index contributed by atoms with van der Waals surface area (Å²) in [6.45, 7) is 6.60. The number of nitrogens with one attached hydrogen (secondary N) is 1. The summed E-state index contributed by atoms with van der Waals surface area (Å²) < 4.78 is 0. The number of thiazole rings is 1. The standard InChI is InChI=1S/C12H16N4S/c1-9(16-7-5-13-6-8-16)11-15-10-3-2-4-14-12(10)17-11/h2-4,9,13H,5-8H2,1H3. The molecule has 0 saturated carbocycles. The maximum Gasteiger partial charge on any atom is 0.143 e. The first kappa shape index (κ1) is 11.1. The molecular formula is C12H16N4S. The molecule has 1 aliphatic heterocycles. The van der Waals surface area contributed by atoms with Crippen LogP contribution in [0.1, 0.15) is 18.0 Å². The lowest BCUT2D eigenvalue weighted by atomic mass is 10.2. The summed E-state index contributed by atoms with van der Waals surface area (Å²) in [7, 11) is 0. The summed E-state index contributed by atoms with van der Waals surface area (Å²) in [6.07, 6.45) is 1.83. The predicted molar refractivity (Wildman–Crippen MR) is 70.3 cm³/mol. The van der Waals surface area contributed by atoms with Gasteiger partial charge < -0.3 is 5.32 Å². The Morgan fingerprint density at radius 1 is 1.41 bits per heavy atom. The third-order valence-corrected chi connectivity index (χ3v) is 4.39. The molecule has 0 radical (unpaired) electrons. The van der Waals surface area contributed by atoms with Crippen molar-refractivity contribution in [2.45, 2.75) is 13.0 Å². The Labute approximate surface area is 105 Å². The number of aromatic nitrogens is 2. The monoisotopic (exact) mass is 248 g/mol. The molecule has 1 aliphatic rings. The van der Waals surface area contributed by atoms with Crippen LogP contribution in [0.15, 0.2) is 18.3 Å². The summed E-state index contributed by atoms with van der Waals surface area (Å²) >= 11 is 1.71. The number of nitrogens with zero attached hydrogens (tertiary/aromatic N) is 3. The molecule has 17 heavy (non-hydrogen) atoms. The highest BCUT2D eigenvalue weighted by Crippen LogP contribution is 2.28. The van der Waals surface area contributed by atoms with Crippen LogP contribution in [0.2, 0.25) is 0 Å². The summed E-state index contributed by atoms with van der Waals surface area (Å²) in [5, 5.41) is 4.56. The van der Waals surface area contributed by atoms with E-state index < -0.39 is 0 Å². The fourth-order valence-corrected chi connectivity index (χ4v) is 3.18. The van der Waals surface area contributed by atoms with E-state index in [4.69, 9.17) is 0 Å². The lowest BCUT2D eigenvalue weighted by Gasteiger charge is -2.31. The lowest BCUT2D eigenvalue weighted by molar-refractivity contribution is 0.185. The maximum absolute atomic E-state index is 4.68. The second kappa shape index (κ2) is 4.68. The Balaban J connectivity index is 1.86. The van der Waals surface area contributed by atoms with Gasteiger partial charge in [-0.05, 0) is 19.1 Å². The van der Waals surface area contributed by atoms with Gasteiger partial charge in [-0.3, -0.25) is 4.90 Å². The van der Waals surface area contributed by atoms with Crippen LogP contribution >= 0.6 is 11.3 Å². The van der Waals surface area contributed by atoms with E-state index in [0.29, 0.717) is 6.04 Å².